The Morgan fingerprint density at radius 3 is 2.62 bits per heavy atom. The molecule has 0 N–H and O–H groups in total. The highest BCUT2D eigenvalue weighted by atomic mass is 35.5. The summed E-state index contributed by atoms with van der Waals surface area (Å²) in [5.41, 5.74) is 2.28. The van der Waals surface area contributed by atoms with Gasteiger partial charge in [0.25, 0.3) is 0 Å². The molecule has 0 saturated carbocycles. The van der Waals surface area contributed by atoms with Gasteiger partial charge < -0.3 is 4.74 Å². The van der Waals surface area contributed by atoms with Crippen molar-refractivity contribution in [3.8, 4) is 11.8 Å². The first-order valence-electron chi connectivity index (χ1n) is 7.76. The molecule has 26 heavy (non-hydrogen) atoms. The lowest BCUT2D eigenvalue weighted by Gasteiger charge is -2.05. The van der Waals surface area contributed by atoms with Crippen LogP contribution in [0.15, 0.2) is 73.1 Å². The number of carbonyl (C=O) groups excluding carboxylic acids is 1. The predicted octanol–water partition coefficient (Wildman–Crippen LogP) is 5.02. The fraction of sp³-hybridized carbons (Fsp3) is 0. The minimum Gasteiger partial charge on any atom is -0.423 e. The average molecular weight is 361 g/mol. The number of allylic oxidation sites excluding steroid dienone is 1. The zero-order chi connectivity index (χ0) is 18.4. The lowest BCUT2D eigenvalue weighted by molar-refractivity contribution is 0.0734. The van der Waals surface area contributed by atoms with Crippen LogP contribution in [0.25, 0.3) is 11.6 Å². The van der Waals surface area contributed by atoms with E-state index in [2.05, 4.69) is 11.1 Å². The Hall–Kier alpha value is -3.42. The first kappa shape index (κ1) is 17.4. The zero-order valence-corrected chi connectivity index (χ0v) is 14.4. The quantitative estimate of drug-likeness (QED) is 0.283. The molecule has 0 atom stereocenters. The van der Waals surface area contributed by atoms with Crippen molar-refractivity contribution in [3.63, 3.8) is 0 Å². The van der Waals surface area contributed by atoms with E-state index in [1.54, 1.807) is 60.8 Å². The number of pyridine rings is 1. The number of carbonyl (C=O) groups is 1. The summed E-state index contributed by atoms with van der Waals surface area (Å²) in [5, 5.41) is 10.00. The molecule has 0 aliphatic carbocycles. The van der Waals surface area contributed by atoms with E-state index < -0.39 is 5.97 Å². The van der Waals surface area contributed by atoms with Gasteiger partial charge in [-0.2, -0.15) is 5.26 Å². The molecule has 5 heteroatoms. The second-order valence-corrected chi connectivity index (χ2v) is 5.82. The molecular formula is C21H13ClN2O2. The maximum atomic E-state index is 12.1. The molecule has 1 heterocycles. The van der Waals surface area contributed by atoms with Crippen molar-refractivity contribution >= 4 is 29.2 Å². The summed E-state index contributed by atoms with van der Waals surface area (Å²) < 4.78 is 5.37. The Morgan fingerprint density at radius 2 is 1.88 bits per heavy atom. The molecule has 2 aromatic carbocycles. The normalized spacial score (nSPS) is 10.8. The Balaban J connectivity index is 1.85. The summed E-state index contributed by atoms with van der Waals surface area (Å²) in [4.78, 5) is 16.0. The number of nitrogens with zero attached hydrogens (tertiary/aromatic N) is 2. The molecule has 1 aromatic heterocycles. The molecule has 0 bridgehead atoms. The second kappa shape index (κ2) is 8.11. The fourth-order valence-corrected chi connectivity index (χ4v) is 2.51. The van der Waals surface area contributed by atoms with Crippen LogP contribution in [-0.4, -0.2) is 11.0 Å². The van der Waals surface area contributed by atoms with E-state index in [-0.39, 0.29) is 0 Å². The van der Waals surface area contributed by atoms with Crippen LogP contribution in [0.2, 0.25) is 5.02 Å². The van der Waals surface area contributed by atoms with Crippen molar-refractivity contribution in [2.24, 2.45) is 0 Å². The van der Waals surface area contributed by atoms with Crippen LogP contribution in [0, 0.1) is 11.3 Å². The third-order valence-corrected chi connectivity index (χ3v) is 3.77. The molecular weight excluding hydrogens is 348 g/mol. The van der Waals surface area contributed by atoms with Gasteiger partial charge in [0.05, 0.1) is 17.2 Å². The van der Waals surface area contributed by atoms with Gasteiger partial charge in [-0.3, -0.25) is 4.98 Å². The number of halogens is 1. The van der Waals surface area contributed by atoms with Crippen LogP contribution in [0.3, 0.4) is 0 Å². The monoisotopic (exact) mass is 360 g/mol. The summed E-state index contributed by atoms with van der Waals surface area (Å²) in [5.74, 6) is -0.106. The second-order valence-electron chi connectivity index (χ2n) is 5.38. The Bertz CT molecular complexity index is 1010. The standard InChI is InChI=1S/C21H13ClN2O2/c22-19-7-2-5-16(12-19)18(13-23)10-15-4-1-8-20(11-15)26-21(25)17-6-3-9-24-14-17/h1-12,14H/b18-10-. The van der Waals surface area contributed by atoms with Crippen molar-refractivity contribution in [1.29, 1.82) is 5.26 Å². The van der Waals surface area contributed by atoms with Gasteiger partial charge in [-0.25, -0.2) is 4.79 Å². The van der Waals surface area contributed by atoms with Crippen molar-refractivity contribution in [1.82, 2.24) is 4.98 Å². The van der Waals surface area contributed by atoms with Crippen LogP contribution in [-0.2, 0) is 0 Å². The number of esters is 1. The lowest BCUT2D eigenvalue weighted by atomic mass is 10.0. The molecule has 3 rings (SSSR count). The van der Waals surface area contributed by atoms with Gasteiger partial charge >= 0.3 is 5.97 Å². The molecule has 0 saturated heterocycles. The highest BCUT2D eigenvalue weighted by Crippen LogP contribution is 2.23. The summed E-state index contributed by atoms with van der Waals surface area (Å²) in [6.45, 7) is 0. The SMILES string of the molecule is N#C/C(=C/c1cccc(OC(=O)c2cccnc2)c1)c1cccc(Cl)c1. The number of benzene rings is 2. The molecule has 0 spiro atoms. The molecule has 0 aliphatic rings. The van der Waals surface area contributed by atoms with E-state index in [1.165, 1.54) is 6.20 Å². The van der Waals surface area contributed by atoms with E-state index in [0.717, 1.165) is 11.1 Å². The van der Waals surface area contributed by atoms with E-state index >= 15 is 0 Å². The van der Waals surface area contributed by atoms with Crippen molar-refractivity contribution in [3.05, 3.63) is 94.8 Å². The van der Waals surface area contributed by atoms with Gasteiger partial charge in [-0.1, -0.05) is 35.9 Å². The Labute approximate surface area is 156 Å². The molecule has 0 fully saturated rings. The summed E-state index contributed by atoms with van der Waals surface area (Å²) in [6, 6.07) is 19.5. The van der Waals surface area contributed by atoms with Crippen molar-refractivity contribution in [2.75, 3.05) is 0 Å². The largest absolute Gasteiger partial charge is 0.423 e. The van der Waals surface area contributed by atoms with E-state index in [1.807, 2.05) is 12.1 Å². The van der Waals surface area contributed by atoms with Gasteiger partial charge in [0.15, 0.2) is 0 Å². The minimum absolute atomic E-state index is 0.366. The summed E-state index contributed by atoms with van der Waals surface area (Å²) in [6.07, 6.45) is 4.74. The van der Waals surface area contributed by atoms with E-state index in [0.29, 0.717) is 21.9 Å². The number of nitriles is 1. The molecule has 0 aliphatic heterocycles. The smallest absolute Gasteiger partial charge is 0.345 e. The summed E-state index contributed by atoms with van der Waals surface area (Å²) >= 11 is 5.99. The van der Waals surface area contributed by atoms with Crippen LogP contribution in [0.5, 0.6) is 5.75 Å². The predicted molar refractivity (Wildman–Crippen MR) is 101 cm³/mol. The molecule has 3 aromatic rings. The number of hydrogen-bond donors (Lipinski definition) is 0. The highest BCUT2D eigenvalue weighted by Gasteiger charge is 2.09. The lowest BCUT2D eigenvalue weighted by Crippen LogP contribution is -2.08. The van der Waals surface area contributed by atoms with E-state index in [9.17, 15) is 10.1 Å². The molecule has 126 valence electrons. The van der Waals surface area contributed by atoms with Crippen LogP contribution < -0.4 is 4.74 Å². The Morgan fingerprint density at radius 1 is 1.08 bits per heavy atom. The fourth-order valence-electron chi connectivity index (χ4n) is 2.32. The molecule has 0 amide bonds. The highest BCUT2D eigenvalue weighted by molar-refractivity contribution is 6.30. The number of ether oxygens (including phenoxy) is 1. The minimum atomic E-state index is -0.491. The third kappa shape index (κ3) is 4.35. The van der Waals surface area contributed by atoms with Crippen molar-refractivity contribution in [2.45, 2.75) is 0 Å². The van der Waals surface area contributed by atoms with Gasteiger partial charge in [-0.15, -0.1) is 0 Å². The van der Waals surface area contributed by atoms with E-state index in [4.69, 9.17) is 16.3 Å². The van der Waals surface area contributed by atoms with Gasteiger partial charge in [0, 0.05) is 17.4 Å². The van der Waals surface area contributed by atoms with Crippen LogP contribution in [0.4, 0.5) is 0 Å². The van der Waals surface area contributed by atoms with Gasteiger partial charge in [0.2, 0.25) is 0 Å². The average Bonchev–Trinajstić information content (AvgIpc) is 2.67. The van der Waals surface area contributed by atoms with Gasteiger partial charge in [-0.05, 0) is 53.6 Å². The maximum absolute atomic E-state index is 12.1. The topological polar surface area (TPSA) is 63.0 Å². The zero-order valence-electron chi connectivity index (χ0n) is 13.6. The number of aromatic nitrogens is 1. The molecule has 4 nitrogen and oxygen atoms in total. The first-order valence-corrected chi connectivity index (χ1v) is 8.13. The third-order valence-electron chi connectivity index (χ3n) is 3.53. The first-order chi connectivity index (χ1) is 12.7. The number of hydrogen-bond acceptors (Lipinski definition) is 4. The van der Waals surface area contributed by atoms with Gasteiger partial charge in [0.1, 0.15) is 5.75 Å². The Kier molecular flexibility index (Phi) is 5.43. The molecule has 0 radical (unpaired) electrons. The van der Waals surface area contributed by atoms with Crippen LogP contribution >= 0.6 is 11.6 Å². The molecule has 0 unspecified atom stereocenters. The van der Waals surface area contributed by atoms with Crippen LogP contribution in [0.1, 0.15) is 21.5 Å². The maximum Gasteiger partial charge on any atom is 0.345 e. The summed E-state index contributed by atoms with van der Waals surface area (Å²) in [7, 11) is 0. The number of rotatable bonds is 4. The van der Waals surface area contributed by atoms with Crippen molar-refractivity contribution < 1.29 is 9.53 Å².